The molecule has 2 aromatic rings. The number of aliphatic hydroxyl groups excluding tert-OH is 1. The summed E-state index contributed by atoms with van der Waals surface area (Å²) < 4.78 is 4.73. The first-order valence-corrected chi connectivity index (χ1v) is 8.15. The number of benzene rings is 1. The minimum Gasteiger partial charge on any atom is -0.510 e. The van der Waals surface area contributed by atoms with Crippen molar-refractivity contribution >= 4 is 34.4 Å². The van der Waals surface area contributed by atoms with E-state index in [2.05, 4.69) is 4.98 Å². The van der Waals surface area contributed by atoms with Gasteiger partial charge in [-0.15, -0.1) is 11.3 Å². The van der Waals surface area contributed by atoms with Crippen LogP contribution in [-0.2, 0) is 4.74 Å². The number of nitrogens with zero attached hydrogens (tertiary/aromatic N) is 2. The molecule has 0 radical (unpaired) electrons. The van der Waals surface area contributed by atoms with Crippen LogP contribution < -0.4 is 4.90 Å². The first kappa shape index (κ1) is 16.2. The maximum atomic E-state index is 11.7. The number of carbonyl (C=O) groups is 1. The summed E-state index contributed by atoms with van der Waals surface area (Å²) in [6.07, 6.45) is 0. The number of methoxy groups -OCH3 is 1. The van der Waals surface area contributed by atoms with Crippen molar-refractivity contribution in [2.75, 3.05) is 18.6 Å². The summed E-state index contributed by atoms with van der Waals surface area (Å²) >= 11 is 1.46. The molecule has 0 spiro atoms. The third-order valence-electron chi connectivity index (χ3n) is 3.92. The Bertz CT molecular complexity index is 850. The van der Waals surface area contributed by atoms with E-state index in [0.717, 1.165) is 10.6 Å². The van der Waals surface area contributed by atoms with E-state index in [4.69, 9.17) is 10.1 Å². The van der Waals surface area contributed by atoms with Gasteiger partial charge in [-0.25, -0.2) is 9.78 Å². The number of rotatable bonds is 3. The van der Waals surface area contributed by atoms with E-state index < -0.39 is 5.97 Å². The minimum atomic E-state index is -0.439. The number of esters is 1. The SMILES string of the molecule is COC(=O)c1cccc(N2CC(O)=C(c3nc(C)c(C)s3)C2=N)c1. The van der Waals surface area contributed by atoms with Gasteiger partial charge in [0.2, 0.25) is 0 Å². The van der Waals surface area contributed by atoms with E-state index in [1.165, 1.54) is 18.4 Å². The molecule has 24 heavy (non-hydrogen) atoms. The molecule has 0 unspecified atom stereocenters. The molecule has 0 saturated carbocycles. The fourth-order valence-corrected chi connectivity index (χ4v) is 3.51. The highest BCUT2D eigenvalue weighted by Gasteiger charge is 2.31. The molecular formula is C17H17N3O3S. The Morgan fingerprint density at radius 2 is 2.17 bits per heavy atom. The molecule has 1 aromatic carbocycles. The van der Waals surface area contributed by atoms with E-state index in [0.29, 0.717) is 21.8 Å². The number of nitrogens with one attached hydrogen (secondary N) is 1. The van der Waals surface area contributed by atoms with Gasteiger partial charge in [0.05, 0.1) is 30.5 Å². The van der Waals surface area contributed by atoms with Crippen LogP contribution in [0.25, 0.3) is 5.57 Å². The van der Waals surface area contributed by atoms with Crippen molar-refractivity contribution in [1.29, 1.82) is 5.41 Å². The summed E-state index contributed by atoms with van der Waals surface area (Å²) in [7, 11) is 1.32. The van der Waals surface area contributed by atoms with Gasteiger partial charge in [-0.05, 0) is 32.0 Å². The average Bonchev–Trinajstić information content (AvgIpc) is 3.05. The third-order valence-corrected chi connectivity index (χ3v) is 5.01. The van der Waals surface area contributed by atoms with Crippen LogP contribution >= 0.6 is 11.3 Å². The van der Waals surface area contributed by atoms with Crippen LogP contribution in [-0.4, -0.2) is 35.5 Å². The summed E-state index contributed by atoms with van der Waals surface area (Å²) in [5.74, 6) is -0.161. The van der Waals surface area contributed by atoms with Crippen molar-refractivity contribution in [3.8, 4) is 0 Å². The van der Waals surface area contributed by atoms with Crippen LogP contribution in [0, 0.1) is 19.3 Å². The van der Waals surface area contributed by atoms with Gasteiger partial charge in [-0.2, -0.15) is 0 Å². The van der Waals surface area contributed by atoms with Gasteiger partial charge in [0.15, 0.2) is 0 Å². The highest BCUT2D eigenvalue weighted by Crippen LogP contribution is 2.34. The molecular weight excluding hydrogens is 326 g/mol. The zero-order chi connectivity index (χ0) is 17.4. The Labute approximate surface area is 143 Å². The molecule has 1 aliphatic rings. The molecule has 0 bridgehead atoms. The van der Waals surface area contributed by atoms with Gasteiger partial charge in [0.1, 0.15) is 16.6 Å². The molecule has 0 atom stereocenters. The number of thiazole rings is 1. The predicted octanol–water partition coefficient (Wildman–Crippen LogP) is 3.31. The van der Waals surface area contributed by atoms with E-state index in [1.807, 2.05) is 13.8 Å². The molecule has 0 fully saturated rings. The fourth-order valence-electron chi connectivity index (χ4n) is 2.52. The first-order chi connectivity index (χ1) is 11.4. The maximum absolute atomic E-state index is 11.7. The zero-order valence-corrected chi connectivity index (χ0v) is 14.4. The van der Waals surface area contributed by atoms with Crippen LogP contribution in [0.3, 0.4) is 0 Å². The Kier molecular flexibility index (Phi) is 4.11. The van der Waals surface area contributed by atoms with Gasteiger partial charge in [-0.1, -0.05) is 6.07 Å². The quantitative estimate of drug-likeness (QED) is 0.835. The average molecular weight is 343 g/mol. The molecule has 124 valence electrons. The Hall–Kier alpha value is -2.67. The molecule has 1 aromatic heterocycles. The standard InChI is InChI=1S/C17H17N3O3S/c1-9-10(2)24-16(19-9)14-13(21)8-20(15(14)18)12-6-4-5-11(7-12)17(22)23-3/h4-7,18,21H,8H2,1-3H3. The lowest BCUT2D eigenvalue weighted by Gasteiger charge is -2.19. The lowest BCUT2D eigenvalue weighted by atomic mass is 10.2. The van der Waals surface area contributed by atoms with E-state index in [9.17, 15) is 9.90 Å². The highest BCUT2D eigenvalue weighted by molar-refractivity contribution is 7.13. The number of aliphatic hydroxyl groups is 1. The van der Waals surface area contributed by atoms with Crippen molar-refractivity contribution in [2.45, 2.75) is 13.8 Å². The second-order valence-electron chi connectivity index (χ2n) is 5.46. The Balaban J connectivity index is 1.94. The molecule has 0 saturated heterocycles. The lowest BCUT2D eigenvalue weighted by Crippen LogP contribution is -2.26. The number of hydrogen-bond acceptors (Lipinski definition) is 6. The minimum absolute atomic E-state index is 0.109. The molecule has 2 N–H and O–H groups in total. The molecule has 1 aliphatic heterocycles. The number of amidine groups is 1. The number of aromatic nitrogens is 1. The van der Waals surface area contributed by atoms with Gasteiger partial charge < -0.3 is 14.7 Å². The van der Waals surface area contributed by atoms with E-state index in [1.54, 1.807) is 29.2 Å². The summed E-state index contributed by atoms with van der Waals surface area (Å²) in [4.78, 5) is 18.8. The topological polar surface area (TPSA) is 86.5 Å². The van der Waals surface area contributed by atoms with Crippen molar-refractivity contribution in [1.82, 2.24) is 4.98 Å². The van der Waals surface area contributed by atoms with Crippen LogP contribution in [0.15, 0.2) is 30.0 Å². The number of hydrogen-bond donors (Lipinski definition) is 2. The lowest BCUT2D eigenvalue weighted by molar-refractivity contribution is 0.0601. The van der Waals surface area contributed by atoms with Gasteiger partial charge in [-0.3, -0.25) is 5.41 Å². The Morgan fingerprint density at radius 1 is 1.42 bits per heavy atom. The second-order valence-corrected chi connectivity index (χ2v) is 6.66. The number of aryl methyl sites for hydroxylation is 2. The largest absolute Gasteiger partial charge is 0.510 e. The van der Waals surface area contributed by atoms with Gasteiger partial charge in [0.25, 0.3) is 0 Å². The predicted molar refractivity (Wildman–Crippen MR) is 94.0 cm³/mol. The summed E-state index contributed by atoms with van der Waals surface area (Å²) in [5.41, 5.74) is 2.39. The summed E-state index contributed by atoms with van der Waals surface area (Å²) in [6, 6.07) is 6.81. The smallest absolute Gasteiger partial charge is 0.337 e. The van der Waals surface area contributed by atoms with Gasteiger partial charge in [0, 0.05) is 10.6 Å². The number of anilines is 1. The van der Waals surface area contributed by atoms with Gasteiger partial charge >= 0.3 is 5.97 Å². The Morgan fingerprint density at radius 3 is 2.79 bits per heavy atom. The van der Waals surface area contributed by atoms with Crippen LogP contribution in [0.5, 0.6) is 0 Å². The van der Waals surface area contributed by atoms with Crippen LogP contribution in [0.1, 0.15) is 25.9 Å². The molecule has 7 heteroatoms. The van der Waals surface area contributed by atoms with Crippen molar-refractivity contribution in [3.63, 3.8) is 0 Å². The molecule has 6 nitrogen and oxygen atoms in total. The van der Waals surface area contributed by atoms with Crippen molar-refractivity contribution in [3.05, 3.63) is 51.2 Å². The molecule has 2 heterocycles. The maximum Gasteiger partial charge on any atom is 0.337 e. The summed E-state index contributed by atoms with van der Waals surface area (Å²) in [6.45, 7) is 4.05. The van der Waals surface area contributed by atoms with E-state index in [-0.39, 0.29) is 18.1 Å². The fraction of sp³-hybridized carbons (Fsp3) is 0.235. The number of ether oxygens (including phenoxy) is 1. The summed E-state index contributed by atoms with van der Waals surface area (Å²) in [5, 5.41) is 19.4. The normalized spacial score (nSPS) is 14.5. The number of carbonyl (C=O) groups excluding carboxylic acids is 1. The van der Waals surface area contributed by atoms with Crippen molar-refractivity contribution < 1.29 is 14.6 Å². The van der Waals surface area contributed by atoms with Crippen LogP contribution in [0.2, 0.25) is 0 Å². The highest BCUT2D eigenvalue weighted by atomic mass is 32.1. The molecule has 0 amide bonds. The van der Waals surface area contributed by atoms with Crippen LogP contribution in [0.4, 0.5) is 5.69 Å². The molecule has 3 rings (SSSR count). The van der Waals surface area contributed by atoms with Crippen molar-refractivity contribution in [2.24, 2.45) is 0 Å². The third kappa shape index (κ3) is 2.67. The first-order valence-electron chi connectivity index (χ1n) is 7.33. The van der Waals surface area contributed by atoms with E-state index >= 15 is 0 Å². The zero-order valence-electron chi connectivity index (χ0n) is 13.6. The second kappa shape index (κ2) is 6.09. The molecule has 0 aliphatic carbocycles. The monoisotopic (exact) mass is 343 g/mol.